The first-order chi connectivity index (χ1) is 7.48. The Hall–Kier alpha value is -0.940. The molecular weight excluding hydrogens is 224 g/mol. The third kappa shape index (κ3) is 2.41. The van der Waals surface area contributed by atoms with E-state index in [0.717, 1.165) is 11.1 Å². The van der Waals surface area contributed by atoms with Gasteiger partial charge >= 0.3 is 0 Å². The minimum atomic E-state index is -2.86. The summed E-state index contributed by atoms with van der Waals surface area (Å²) in [6.07, 6.45) is 4.15. The van der Waals surface area contributed by atoms with Gasteiger partial charge in [-0.3, -0.25) is 4.98 Å². The molecule has 0 amide bonds. The highest BCUT2D eigenvalue weighted by molar-refractivity contribution is 7.91. The Morgan fingerprint density at radius 1 is 1.50 bits per heavy atom. The summed E-state index contributed by atoms with van der Waals surface area (Å²) in [6, 6.07) is 1.76. The maximum absolute atomic E-state index is 11.4. The SMILES string of the molecule is Cc1cncc(C(N)C2CCS(=O)(=O)C2)c1. The van der Waals surface area contributed by atoms with E-state index in [1.807, 2.05) is 13.0 Å². The van der Waals surface area contributed by atoms with E-state index < -0.39 is 9.84 Å². The van der Waals surface area contributed by atoms with Crippen LogP contribution in [0, 0.1) is 12.8 Å². The fourth-order valence-corrected chi connectivity index (χ4v) is 3.99. The van der Waals surface area contributed by atoms with Gasteiger partial charge < -0.3 is 5.73 Å². The molecule has 2 unspecified atom stereocenters. The Bertz CT molecular complexity index is 485. The molecule has 0 aliphatic carbocycles. The summed E-state index contributed by atoms with van der Waals surface area (Å²) in [5, 5.41) is 0. The van der Waals surface area contributed by atoms with Crippen LogP contribution in [0.25, 0.3) is 0 Å². The number of hydrogen-bond donors (Lipinski definition) is 1. The maximum Gasteiger partial charge on any atom is 0.150 e. The van der Waals surface area contributed by atoms with Crippen molar-refractivity contribution in [3.05, 3.63) is 29.6 Å². The fourth-order valence-electron chi connectivity index (χ4n) is 2.14. The van der Waals surface area contributed by atoms with Gasteiger partial charge in [0.25, 0.3) is 0 Å². The van der Waals surface area contributed by atoms with Crippen molar-refractivity contribution in [1.82, 2.24) is 4.98 Å². The summed E-state index contributed by atoms with van der Waals surface area (Å²) >= 11 is 0. The largest absolute Gasteiger partial charge is 0.324 e. The lowest BCUT2D eigenvalue weighted by Crippen LogP contribution is -2.22. The van der Waals surface area contributed by atoms with Crippen LogP contribution < -0.4 is 5.73 Å². The zero-order chi connectivity index (χ0) is 11.8. The summed E-state index contributed by atoms with van der Waals surface area (Å²) < 4.78 is 22.7. The van der Waals surface area contributed by atoms with Gasteiger partial charge in [0, 0.05) is 18.4 Å². The van der Waals surface area contributed by atoms with Crippen LogP contribution in [-0.4, -0.2) is 24.9 Å². The summed E-state index contributed by atoms with van der Waals surface area (Å²) in [7, 11) is -2.86. The number of nitrogens with zero attached hydrogens (tertiary/aromatic N) is 1. The van der Waals surface area contributed by atoms with Crippen LogP contribution in [-0.2, 0) is 9.84 Å². The predicted octanol–water partition coefficient (Wildman–Crippen LogP) is 0.825. The molecule has 16 heavy (non-hydrogen) atoms. The molecule has 1 aliphatic rings. The zero-order valence-electron chi connectivity index (χ0n) is 9.26. The van der Waals surface area contributed by atoms with E-state index in [-0.39, 0.29) is 23.5 Å². The van der Waals surface area contributed by atoms with E-state index in [9.17, 15) is 8.42 Å². The lowest BCUT2D eigenvalue weighted by atomic mass is 9.94. The second kappa shape index (κ2) is 4.14. The second-order valence-electron chi connectivity index (χ2n) is 4.48. The molecule has 5 heteroatoms. The molecule has 0 spiro atoms. The maximum atomic E-state index is 11.4. The van der Waals surface area contributed by atoms with Crippen LogP contribution in [0.4, 0.5) is 0 Å². The zero-order valence-corrected chi connectivity index (χ0v) is 10.1. The van der Waals surface area contributed by atoms with Crippen LogP contribution in [0.15, 0.2) is 18.5 Å². The molecule has 0 saturated carbocycles. The molecule has 2 atom stereocenters. The van der Waals surface area contributed by atoms with E-state index in [2.05, 4.69) is 4.98 Å². The van der Waals surface area contributed by atoms with Crippen molar-refractivity contribution in [3.8, 4) is 0 Å². The standard InChI is InChI=1S/C11H16N2O2S/c1-8-4-10(6-13-5-8)11(12)9-2-3-16(14,15)7-9/h4-6,9,11H,2-3,7,12H2,1H3. The Morgan fingerprint density at radius 3 is 2.81 bits per heavy atom. The third-order valence-electron chi connectivity index (χ3n) is 3.06. The molecule has 0 aromatic carbocycles. The normalized spacial score (nSPS) is 25.5. The smallest absolute Gasteiger partial charge is 0.150 e. The number of nitrogens with two attached hydrogens (primary N) is 1. The summed E-state index contributed by atoms with van der Waals surface area (Å²) in [4.78, 5) is 4.08. The summed E-state index contributed by atoms with van der Waals surface area (Å²) in [6.45, 7) is 1.95. The van der Waals surface area contributed by atoms with Gasteiger partial charge in [-0.05, 0) is 30.4 Å². The summed E-state index contributed by atoms with van der Waals surface area (Å²) in [5.74, 6) is 0.515. The van der Waals surface area contributed by atoms with Crippen molar-refractivity contribution in [1.29, 1.82) is 0 Å². The molecule has 0 bridgehead atoms. The van der Waals surface area contributed by atoms with Crippen LogP contribution in [0.5, 0.6) is 0 Å². The van der Waals surface area contributed by atoms with Crippen molar-refractivity contribution >= 4 is 9.84 Å². The Kier molecular flexibility index (Phi) is 2.99. The minimum absolute atomic E-state index is 0.0357. The van der Waals surface area contributed by atoms with Gasteiger partial charge in [-0.2, -0.15) is 0 Å². The first kappa shape index (κ1) is 11.5. The van der Waals surface area contributed by atoms with Gasteiger partial charge in [0.05, 0.1) is 11.5 Å². The molecule has 4 nitrogen and oxygen atoms in total. The average Bonchev–Trinajstić information content (AvgIpc) is 2.58. The molecule has 1 fully saturated rings. The van der Waals surface area contributed by atoms with Gasteiger partial charge in [-0.15, -0.1) is 0 Å². The number of aromatic nitrogens is 1. The Balaban J connectivity index is 2.17. The molecule has 1 aliphatic heterocycles. The minimum Gasteiger partial charge on any atom is -0.324 e. The van der Waals surface area contributed by atoms with Crippen molar-refractivity contribution < 1.29 is 8.42 Å². The molecule has 2 rings (SSSR count). The molecule has 88 valence electrons. The first-order valence-corrected chi connectivity index (χ1v) is 7.17. The number of rotatable bonds is 2. The van der Waals surface area contributed by atoms with E-state index >= 15 is 0 Å². The van der Waals surface area contributed by atoms with Crippen LogP contribution >= 0.6 is 0 Å². The van der Waals surface area contributed by atoms with E-state index in [0.29, 0.717) is 6.42 Å². The van der Waals surface area contributed by atoms with Crippen LogP contribution in [0.2, 0.25) is 0 Å². The molecular formula is C11H16N2O2S. The van der Waals surface area contributed by atoms with Crippen molar-refractivity contribution in [2.24, 2.45) is 11.7 Å². The van der Waals surface area contributed by atoms with Crippen LogP contribution in [0.3, 0.4) is 0 Å². The van der Waals surface area contributed by atoms with Crippen molar-refractivity contribution in [2.75, 3.05) is 11.5 Å². The molecule has 0 radical (unpaired) electrons. The predicted molar refractivity (Wildman–Crippen MR) is 62.7 cm³/mol. The van der Waals surface area contributed by atoms with Gasteiger partial charge in [-0.1, -0.05) is 6.07 Å². The molecule has 2 N–H and O–H groups in total. The molecule has 1 aromatic rings. The van der Waals surface area contributed by atoms with Gasteiger partial charge in [0.15, 0.2) is 9.84 Å². The van der Waals surface area contributed by atoms with Crippen molar-refractivity contribution in [2.45, 2.75) is 19.4 Å². The lowest BCUT2D eigenvalue weighted by Gasteiger charge is -2.17. The van der Waals surface area contributed by atoms with Gasteiger partial charge in [0.1, 0.15) is 0 Å². The average molecular weight is 240 g/mol. The monoisotopic (exact) mass is 240 g/mol. The lowest BCUT2D eigenvalue weighted by molar-refractivity contribution is 0.478. The molecule has 1 aromatic heterocycles. The second-order valence-corrected chi connectivity index (χ2v) is 6.71. The number of aryl methyl sites for hydroxylation is 1. The van der Waals surface area contributed by atoms with Gasteiger partial charge in [0.2, 0.25) is 0 Å². The first-order valence-electron chi connectivity index (χ1n) is 5.35. The number of pyridine rings is 1. The summed E-state index contributed by atoms with van der Waals surface area (Å²) in [5.41, 5.74) is 8.07. The Labute approximate surface area is 95.8 Å². The number of hydrogen-bond acceptors (Lipinski definition) is 4. The van der Waals surface area contributed by atoms with Crippen molar-refractivity contribution in [3.63, 3.8) is 0 Å². The fraction of sp³-hybridized carbons (Fsp3) is 0.545. The molecule has 2 heterocycles. The van der Waals surface area contributed by atoms with Crippen LogP contribution in [0.1, 0.15) is 23.6 Å². The topological polar surface area (TPSA) is 73.0 Å². The quantitative estimate of drug-likeness (QED) is 0.830. The molecule has 1 saturated heterocycles. The van der Waals surface area contributed by atoms with Gasteiger partial charge in [-0.25, -0.2) is 8.42 Å². The van der Waals surface area contributed by atoms with E-state index in [1.165, 1.54) is 0 Å². The Morgan fingerprint density at radius 2 is 2.25 bits per heavy atom. The number of sulfone groups is 1. The van der Waals surface area contributed by atoms with E-state index in [4.69, 9.17) is 5.73 Å². The highest BCUT2D eigenvalue weighted by atomic mass is 32.2. The van der Waals surface area contributed by atoms with E-state index in [1.54, 1.807) is 12.4 Å². The highest BCUT2D eigenvalue weighted by Gasteiger charge is 2.32. The highest BCUT2D eigenvalue weighted by Crippen LogP contribution is 2.29. The third-order valence-corrected chi connectivity index (χ3v) is 4.85.